The number of ether oxygens (including phenoxy) is 2. The number of allylic oxidation sites excluding steroid dienone is 1. The third-order valence-electron chi connectivity index (χ3n) is 3.82. The SMILES string of the molecule is COc1ccc(C#CC(=CCN(C)CC(=O)O)c2ccccc2)cc1OC. The van der Waals surface area contributed by atoms with Gasteiger partial charge in [0, 0.05) is 17.7 Å². The summed E-state index contributed by atoms with van der Waals surface area (Å²) in [5.41, 5.74) is 2.62. The van der Waals surface area contributed by atoms with Crippen molar-refractivity contribution in [3.8, 4) is 23.3 Å². The molecule has 0 amide bonds. The van der Waals surface area contributed by atoms with Gasteiger partial charge in [-0.2, -0.15) is 0 Å². The Hall–Kier alpha value is -3.23. The van der Waals surface area contributed by atoms with E-state index in [1.54, 1.807) is 26.2 Å². The highest BCUT2D eigenvalue weighted by atomic mass is 16.5. The second-order valence-electron chi connectivity index (χ2n) is 5.89. The van der Waals surface area contributed by atoms with Crippen molar-refractivity contribution in [3.05, 3.63) is 65.7 Å². The van der Waals surface area contributed by atoms with Crippen LogP contribution in [0.25, 0.3) is 5.57 Å². The van der Waals surface area contributed by atoms with Gasteiger partial charge in [-0.05, 0) is 30.8 Å². The summed E-state index contributed by atoms with van der Waals surface area (Å²) in [5.74, 6) is 6.75. The molecule has 5 nitrogen and oxygen atoms in total. The number of likely N-dealkylation sites (N-methyl/N-ethyl adjacent to an activating group) is 1. The lowest BCUT2D eigenvalue weighted by Gasteiger charge is -2.11. The highest BCUT2D eigenvalue weighted by Gasteiger charge is 2.05. The first kappa shape index (κ1) is 20.1. The van der Waals surface area contributed by atoms with Crippen LogP contribution in [-0.2, 0) is 4.79 Å². The Bertz CT molecular complexity index is 863. The van der Waals surface area contributed by atoms with E-state index >= 15 is 0 Å². The van der Waals surface area contributed by atoms with Crippen molar-refractivity contribution >= 4 is 11.5 Å². The van der Waals surface area contributed by atoms with Crippen LogP contribution in [-0.4, -0.2) is 50.3 Å². The first-order valence-electron chi connectivity index (χ1n) is 8.43. The zero-order valence-corrected chi connectivity index (χ0v) is 15.7. The fourth-order valence-corrected chi connectivity index (χ4v) is 2.45. The molecule has 0 unspecified atom stereocenters. The van der Waals surface area contributed by atoms with Crippen molar-refractivity contribution in [3.63, 3.8) is 0 Å². The van der Waals surface area contributed by atoms with Gasteiger partial charge in [-0.25, -0.2) is 0 Å². The van der Waals surface area contributed by atoms with E-state index in [2.05, 4.69) is 11.8 Å². The molecule has 2 rings (SSSR count). The number of nitrogens with zero attached hydrogens (tertiary/aromatic N) is 1. The highest BCUT2D eigenvalue weighted by molar-refractivity contribution is 5.80. The molecule has 0 atom stereocenters. The van der Waals surface area contributed by atoms with Crippen LogP contribution in [0, 0.1) is 11.8 Å². The second kappa shape index (κ2) is 10.0. The van der Waals surface area contributed by atoms with E-state index < -0.39 is 5.97 Å². The predicted octanol–water partition coefficient (Wildman–Crippen LogP) is 3.16. The molecule has 0 spiro atoms. The van der Waals surface area contributed by atoms with Gasteiger partial charge in [0.1, 0.15) is 0 Å². The van der Waals surface area contributed by atoms with Crippen LogP contribution in [0.4, 0.5) is 0 Å². The van der Waals surface area contributed by atoms with Crippen LogP contribution in [0.3, 0.4) is 0 Å². The number of carboxylic acid groups (broad SMARTS) is 1. The topological polar surface area (TPSA) is 59.0 Å². The van der Waals surface area contributed by atoms with Gasteiger partial charge in [-0.15, -0.1) is 0 Å². The lowest BCUT2D eigenvalue weighted by Crippen LogP contribution is -2.25. The monoisotopic (exact) mass is 365 g/mol. The van der Waals surface area contributed by atoms with Crippen molar-refractivity contribution in [2.75, 3.05) is 34.4 Å². The zero-order chi connectivity index (χ0) is 19.6. The molecule has 0 aliphatic heterocycles. The van der Waals surface area contributed by atoms with Gasteiger partial charge >= 0.3 is 5.97 Å². The minimum Gasteiger partial charge on any atom is -0.493 e. The van der Waals surface area contributed by atoms with E-state index in [1.807, 2.05) is 54.6 Å². The Labute approximate surface area is 159 Å². The lowest BCUT2D eigenvalue weighted by atomic mass is 10.1. The predicted molar refractivity (Wildman–Crippen MR) is 106 cm³/mol. The average molecular weight is 365 g/mol. The van der Waals surface area contributed by atoms with Crippen molar-refractivity contribution in [1.29, 1.82) is 0 Å². The first-order valence-corrected chi connectivity index (χ1v) is 8.43. The Morgan fingerprint density at radius 1 is 1.11 bits per heavy atom. The lowest BCUT2D eigenvalue weighted by molar-refractivity contribution is -0.137. The zero-order valence-electron chi connectivity index (χ0n) is 15.7. The third-order valence-corrected chi connectivity index (χ3v) is 3.82. The van der Waals surface area contributed by atoms with Crippen LogP contribution in [0.5, 0.6) is 11.5 Å². The van der Waals surface area contributed by atoms with Gasteiger partial charge in [-0.1, -0.05) is 48.2 Å². The van der Waals surface area contributed by atoms with Crippen molar-refractivity contribution < 1.29 is 19.4 Å². The smallest absolute Gasteiger partial charge is 0.317 e. The molecule has 0 bridgehead atoms. The Morgan fingerprint density at radius 2 is 1.81 bits per heavy atom. The Kier molecular flexibility index (Phi) is 7.48. The normalized spacial score (nSPS) is 10.9. The second-order valence-corrected chi connectivity index (χ2v) is 5.89. The minimum absolute atomic E-state index is 0.0261. The molecule has 0 radical (unpaired) electrons. The number of carboxylic acids is 1. The number of benzene rings is 2. The Balaban J connectivity index is 2.30. The number of methoxy groups -OCH3 is 2. The quantitative estimate of drug-likeness (QED) is 0.764. The molecule has 0 saturated carbocycles. The number of rotatable bonds is 7. The summed E-state index contributed by atoms with van der Waals surface area (Å²) < 4.78 is 10.6. The summed E-state index contributed by atoms with van der Waals surface area (Å²) in [6.45, 7) is 0.457. The maximum atomic E-state index is 10.8. The number of carbonyl (C=O) groups is 1. The molecule has 0 fully saturated rings. The van der Waals surface area contributed by atoms with Crippen molar-refractivity contribution in [2.24, 2.45) is 0 Å². The van der Waals surface area contributed by atoms with Crippen LogP contribution in [0.1, 0.15) is 11.1 Å². The fraction of sp³-hybridized carbons (Fsp3) is 0.227. The van der Waals surface area contributed by atoms with Gasteiger partial charge in [0.2, 0.25) is 0 Å². The third kappa shape index (κ3) is 6.21. The summed E-state index contributed by atoms with van der Waals surface area (Å²) in [5, 5.41) is 8.90. The van der Waals surface area contributed by atoms with Gasteiger partial charge in [0.25, 0.3) is 0 Å². The molecule has 0 aromatic heterocycles. The number of hydrogen-bond acceptors (Lipinski definition) is 4. The molecular weight excluding hydrogens is 342 g/mol. The Morgan fingerprint density at radius 3 is 2.44 bits per heavy atom. The van der Waals surface area contributed by atoms with Gasteiger partial charge < -0.3 is 14.6 Å². The molecule has 2 aromatic carbocycles. The van der Waals surface area contributed by atoms with E-state index in [4.69, 9.17) is 14.6 Å². The van der Waals surface area contributed by atoms with Gasteiger partial charge in [0.05, 0.1) is 20.8 Å². The van der Waals surface area contributed by atoms with E-state index in [0.29, 0.717) is 18.0 Å². The highest BCUT2D eigenvalue weighted by Crippen LogP contribution is 2.27. The van der Waals surface area contributed by atoms with Gasteiger partial charge in [0.15, 0.2) is 11.5 Å². The summed E-state index contributed by atoms with van der Waals surface area (Å²) in [4.78, 5) is 12.5. The van der Waals surface area contributed by atoms with E-state index in [9.17, 15) is 4.79 Å². The van der Waals surface area contributed by atoms with Crippen LogP contribution in [0.2, 0.25) is 0 Å². The molecule has 27 heavy (non-hydrogen) atoms. The van der Waals surface area contributed by atoms with E-state index in [1.165, 1.54) is 0 Å². The van der Waals surface area contributed by atoms with Crippen LogP contribution >= 0.6 is 0 Å². The molecule has 0 saturated heterocycles. The van der Waals surface area contributed by atoms with Crippen molar-refractivity contribution in [1.82, 2.24) is 4.90 Å². The summed E-state index contributed by atoms with van der Waals surface area (Å²) in [6.07, 6.45) is 1.94. The summed E-state index contributed by atoms with van der Waals surface area (Å²) >= 11 is 0. The van der Waals surface area contributed by atoms with Crippen molar-refractivity contribution in [2.45, 2.75) is 0 Å². The molecule has 0 heterocycles. The maximum absolute atomic E-state index is 10.8. The largest absolute Gasteiger partial charge is 0.493 e. The standard InChI is InChI=1S/C22H23NO4/c1-23(16-22(24)25)14-13-19(18-7-5-4-6-8-18)11-9-17-10-12-20(26-2)21(15-17)27-3/h4-8,10,12-13,15H,14,16H2,1-3H3,(H,24,25). The molecule has 5 heteroatoms. The molecule has 0 aliphatic rings. The number of hydrogen-bond donors (Lipinski definition) is 1. The molecule has 140 valence electrons. The maximum Gasteiger partial charge on any atom is 0.317 e. The molecular formula is C22H23NO4. The van der Waals surface area contributed by atoms with E-state index in [0.717, 1.165) is 16.7 Å². The molecule has 0 aliphatic carbocycles. The summed E-state index contributed by atoms with van der Waals surface area (Å²) in [6, 6.07) is 15.3. The number of aliphatic carboxylic acids is 1. The average Bonchev–Trinajstić information content (AvgIpc) is 2.67. The molecule has 1 N–H and O–H groups in total. The minimum atomic E-state index is -0.858. The molecule has 2 aromatic rings. The van der Waals surface area contributed by atoms with Gasteiger partial charge in [-0.3, -0.25) is 9.69 Å². The van der Waals surface area contributed by atoms with Crippen LogP contribution < -0.4 is 9.47 Å². The first-order chi connectivity index (χ1) is 13.0. The van der Waals surface area contributed by atoms with Crippen LogP contribution in [0.15, 0.2) is 54.6 Å². The fourth-order valence-electron chi connectivity index (χ4n) is 2.45. The summed E-state index contributed by atoms with van der Waals surface area (Å²) in [7, 11) is 4.94. The van der Waals surface area contributed by atoms with E-state index in [-0.39, 0.29) is 6.54 Å².